The van der Waals surface area contributed by atoms with Crippen molar-refractivity contribution in [2.24, 2.45) is 0 Å². The molecule has 1 unspecified atom stereocenters. The Balaban J connectivity index is 1.84. The van der Waals surface area contributed by atoms with Crippen molar-refractivity contribution >= 4 is 23.5 Å². The third kappa shape index (κ3) is 4.37. The van der Waals surface area contributed by atoms with Gasteiger partial charge in [0.2, 0.25) is 0 Å². The number of amides is 1. The van der Waals surface area contributed by atoms with E-state index in [0.29, 0.717) is 10.6 Å². The number of carbonyl (C=O) groups is 2. The fraction of sp³-hybridized carbons (Fsp3) is 0.316. The minimum absolute atomic E-state index is 0.0395. The first-order valence-corrected chi connectivity index (χ1v) is 8.84. The highest BCUT2D eigenvalue weighted by Gasteiger charge is 2.33. The van der Waals surface area contributed by atoms with Gasteiger partial charge in [0.15, 0.2) is 6.10 Å². The highest BCUT2D eigenvalue weighted by atomic mass is 35.5. The van der Waals surface area contributed by atoms with Gasteiger partial charge in [-0.1, -0.05) is 29.8 Å². The van der Waals surface area contributed by atoms with Crippen LogP contribution in [0, 0.1) is 0 Å². The molecule has 0 radical (unpaired) electrons. The van der Waals surface area contributed by atoms with Crippen molar-refractivity contribution in [3.8, 4) is 0 Å². The fourth-order valence-electron chi connectivity index (χ4n) is 3.03. The molecule has 0 bridgehead atoms. The zero-order chi connectivity index (χ0) is 19.6. The number of ether oxygens (including phenoxy) is 1. The van der Waals surface area contributed by atoms with E-state index in [2.05, 4.69) is 0 Å². The van der Waals surface area contributed by atoms with Gasteiger partial charge in [-0.2, -0.15) is 0 Å². The monoisotopic (exact) mass is 390 g/mol. The zero-order valence-electron chi connectivity index (χ0n) is 14.7. The second kappa shape index (κ2) is 7.94. The van der Waals surface area contributed by atoms with Gasteiger partial charge in [0.1, 0.15) is 0 Å². The molecule has 7 nitrogen and oxygen atoms in total. The van der Waals surface area contributed by atoms with E-state index in [-0.39, 0.29) is 31.1 Å². The number of hydrogen-bond acceptors (Lipinski definition) is 4. The van der Waals surface area contributed by atoms with Gasteiger partial charge in [-0.3, -0.25) is 9.59 Å². The molecule has 2 atom stereocenters. The Morgan fingerprint density at radius 1 is 1.22 bits per heavy atom. The van der Waals surface area contributed by atoms with Crippen molar-refractivity contribution in [1.29, 1.82) is 0 Å². The van der Waals surface area contributed by atoms with Crippen LogP contribution in [0.25, 0.3) is 0 Å². The number of benzene rings is 1. The summed E-state index contributed by atoms with van der Waals surface area (Å²) in [5.74, 6) is -1.45. The number of rotatable bonds is 4. The van der Waals surface area contributed by atoms with Crippen LogP contribution in [0.1, 0.15) is 22.8 Å². The van der Waals surface area contributed by atoms with Gasteiger partial charge in [0.25, 0.3) is 11.5 Å². The van der Waals surface area contributed by atoms with E-state index in [4.69, 9.17) is 16.3 Å². The second-order valence-corrected chi connectivity index (χ2v) is 6.87. The summed E-state index contributed by atoms with van der Waals surface area (Å²) in [7, 11) is 0. The summed E-state index contributed by atoms with van der Waals surface area (Å²) in [5.41, 5.74) is 0.807. The SMILES string of the molecule is C[C@@H]1CN(C(=O)c2ccc(=O)n(Cc3ccccc3Cl)c2)CC(C(=O)O)O1. The van der Waals surface area contributed by atoms with E-state index in [1.807, 2.05) is 12.1 Å². The summed E-state index contributed by atoms with van der Waals surface area (Å²) >= 11 is 6.15. The average molecular weight is 391 g/mol. The second-order valence-electron chi connectivity index (χ2n) is 6.46. The number of nitrogens with zero attached hydrogens (tertiary/aromatic N) is 2. The molecule has 1 N–H and O–H groups in total. The molecule has 1 aromatic heterocycles. The van der Waals surface area contributed by atoms with Crippen LogP contribution in [-0.2, 0) is 16.1 Å². The predicted octanol–water partition coefficient (Wildman–Crippen LogP) is 1.86. The quantitative estimate of drug-likeness (QED) is 0.860. The number of hydrogen-bond donors (Lipinski definition) is 1. The molecule has 8 heteroatoms. The van der Waals surface area contributed by atoms with E-state index in [1.165, 1.54) is 27.8 Å². The van der Waals surface area contributed by atoms with Gasteiger partial charge in [0, 0.05) is 23.8 Å². The molecule has 1 aliphatic heterocycles. The number of carbonyl (C=O) groups excluding carboxylic acids is 1. The Morgan fingerprint density at radius 2 is 1.96 bits per heavy atom. The number of aliphatic carboxylic acids is 1. The van der Waals surface area contributed by atoms with Crippen LogP contribution >= 0.6 is 11.6 Å². The Hall–Kier alpha value is -2.64. The van der Waals surface area contributed by atoms with Crippen LogP contribution in [0.5, 0.6) is 0 Å². The molecule has 2 aromatic rings. The van der Waals surface area contributed by atoms with Crippen LogP contribution in [-0.4, -0.2) is 51.7 Å². The molecule has 0 saturated carbocycles. The van der Waals surface area contributed by atoms with E-state index in [1.54, 1.807) is 19.1 Å². The average Bonchev–Trinajstić information content (AvgIpc) is 2.64. The smallest absolute Gasteiger partial charge is 0.334 e. The molecule has 27 heavy (non-hydrogen) atoms. The lowest BCUT2D eigenvalue weighted by Gasteiger charge is -2.35. The molecule has 0 aliphatic carbocycles. The molecular weight excluding hydrogens is 372 g/mol. The van der Waals surface area contributed by atoms with Gasteiger partial charge in [-0.15, -0.1) is 0 Å². The largest absolute Gasteiger partial charge is 0.479 e. The van der Waals surface area contributed by atoms with Crippen molar-refractivity contribution in [3.05, 3.63) is 69.1 Å². The summed E-state index contributed by atoms with van der Waals surface area (Å²) in [5, 5.41) is 9.71. The first-order valence-electron chi connectivity index (χ1n) is 8.46. The molecule has 3 rings (SSSR count). The zero-order valence-corrected chi connectivity index (χ0v) is 15.4. The van der Waals surface area contributed by atoms with Crippen LogP contribution in [0.4, 0.5) is 0 Å². The number of aromatic nitrogens is 1. The van der Waals surface area contributed by atoms with Gasteiger partial charge in [-0.05, 0) is 24.6 Å². The van der Waals surface area contributed by atoms with E-state index >= 15 is 0 Å². The molecule has 1 saturated heterocycles. The topological polar surface area (TPSA) is 88.8 Å². The lowest BCUT2D eigenvalue weighted by molar-refractivity contribution is -0.160. The van der Waals surface area contributed by atoms with Gasteiger partial charge in [0.05, 0.1) is 24.8 Å². The first-order chi connectivity index (χ1) is 12.8. The van der Waals surface area contributed by atoms with Crippen molar-refractivity contribution in [2.45, 2.75) is 25.7 Å². The summed E-state index contributed by atoms with van der Waals surface area (Å²) in [6.45, 7) is 2.19. The maximum atomic E-state index is 12.8. The Morgan fingerprint density at radius 3 is 2.67 bits per heavy atom. The van der Waals surface area contributed by atoms with E-state index in [9.17, 15) is 19.5 Å². The Bertz CT molecular complexity index is 926. The summed E-state index contributed by atoms with van der Waals surface area (Å²) < 4.78 is 6.75. The highest BCUT2D eigenvalue weighted by Crippen LogP contribution is 2.17. The van der Waals surface area contributed by atoms with Crippen LogP contribution in [0.15, 0.2) is 47.4 Å². The first kappa shape index (κ1) is 19.1. The van der Waals surface area contributed by atoms with Crippen LogP contribution in [0.2, 0.25) is 5.02 Å². The van der Waals surface area contributed by atoms with Crippen molar-refractivity contribution in [2.75, 3.05) is 13.1 Å². The number of pyridine rings is 1. The highest BCUT2D eigenvalue weighted by molar-refractivity contribution is 6.31. The summed E-state index contributed by atoms with van der Waals surface area (Å²) in [4.78, 5) is 37.7. The van der Waals surface area contributed by atoms with E-state index < -0.39 is 18.2 Å². The molecule has 0 spiro atoms. The number of halogens is 1. The molecular formula is C19H19ClN2O5. The molecule has 1 aromatic carbocycles. The van der Waals surface area contributed by atoms with Gasteiger partial charge >= 0.3 is 5.97 Å². The fourth-order valence-corrected chi connectivity index (χ4v) is 3.22. The van der Waals surface area contributed by atoms with Crippen molar-refractivity contribution < 1.29 is 19.4 Å². The predicted molar refractivity (Wildman–Crippen MR) is 99.1 cm³/mol. The minimum atomic E-state index is -1.11. The van der Waals surface area contributed by atoms with Crippen LogP contribution in [0.3, 0.4) is 0 Å². The standard InChI is InChI=1S/C19H19ClN2O5/c1-12-8-22(11-16(27-12)19(25)26)18(24)14-6-7-17(23)21(10-14)9-13-4-2-3-5-15(13)20/h2-7,10,12,16H,8-9,11H2,1H3,(H,25,26)/t12-,16?/m1/s1. The van der Waals surface area contributed by atoms with Crippen LogP contribution < -0.4 is 5.56 Å². The number of carboxylic acids is 1. The normalized spacial score (nSPS) is 19.7. The minimum Gasteiger partial charge on any atom is -0.479 e. The Labute approximate surface area is 160 Å². The van der Waals surface area contributed by atoms with E-state index in [0.717, 1.165) is 5.56 Å². The molecule has 1 fully saturated rings. The maximum Gasteiger partial charge on any atom is 0.334 e. The maximum absolute atomic E-state index is 12.8. The van der Waals surface area contributed by atoms with Gasteiger partial charge in [-0.25, -0.2) is 4.79 Å². The molecule has 1 aliphatic rings. The number of morpholine rings is 1. The lowest BCUT2D eigenvalue weighted by Crippen LogP contribution is -2.51. The summed E-state index contributed by atoms with van der Waals surface area (Å²) in [6.07, 6.45) is 0.0220. The third-order valence-corrected chi connectivity index (χ3v) is 4.72. The van der Waals surface area contributed by atoms with Gasteiger partial charge < -0.3 is 19.3 Å². The Kier molecular flexibility index (Phi) is 5.62. The van der Waals surface area contributed by atoms with Crippen molar-refractivity contribution in [1.82, 2.24) is 9.47 Å². The third-order valence-electron chi connectivity index (χ3n) is 4.35. The lowest BCUT2D eigenvalue weighted by atomic mass is 10.1. The number of carboxylic acid groups (broad SMARTS) is 1. The van der Waals surface area contributed by atoms with Crippen molar-refractivity contribution in [3.63, 3.8) is 0 Å². The summed E-state index contributed by atoms with van der Waals surface area (Å²) in [6, 6.07) is 9.93. The molecule has 142 valence electrons. The molecule has 1 amide bonds. The molecule has 2 heterocycles.